The summed E-state index contributed by atoms with van der Waals surface area (Å²) in [6.45, 7) is 7.49. The molecule has 1 heterocycles. The molecule has 1 rings (SSSR count). The second kappa shape index (κ2) is 6.93. The molecule has 0 fully saturated rings. The van der Waals surface area contributed by atoms with E-state index in [1.807, 2.05) is 20.8 Å². The van der Waals surface area contributed by atoms with Gasteiger partial charge in [0.25, 0.3) is 5.91 Å². The zero-order valence-electron chi connectivity index (χ0n) is 11.2. The van der Waals surface area contributed by atoms with Crippen LogP contribution in [0.3, 0.4) is 0 Å². The van der Waals surface area contributed by atoms with E-state index in [9.17, 15) is 9.18 Å². The number of hydrogen-bond acceptors (Lipinski definition) is 3. The van der Waals surface area contributed by atoms with Crippen molar-refractivity contribution in [1.29, 1.82) is 0 Å². The van der Waals surface area contributed by atoms with Gasteiger partial charge in [0, 0.05) is 25.8 Å². The second-order valence-electron chi connectivity index (χ2n) is 3.93. The average Bonchev–Trinajstić information content (AvgIpc) is 2.39. The predicted molar refractivity (Wildman–Crippen MR) is 70.2 cm³/mol. The number of pyridine rings is 1. The topological polar surface area (TPSA) is 45.2 Å². The van der Waals surface area contributed by atoms with Crippen LogP contribution in [0.4, 0.5) is 10.2 Å². The Morgan fingerprint density at radius 1 is 1.39 bits per heavy atom. The van der Waals surface area contributed by atoms with E-state index in [-0.39, 0.29) is 17.3 Å². The van der Waals surface area contributed by atoms with Gasteiger partial charge in [-0.05, 0) is 26.3 Å². The monoisotopic (exact) mass is 253 g/mol. The van der Waals surface area contributed by atoms with Gasteiger partial charge in [-0.15, -0.1) is 0 Å². The molecule has 100 valence electrons. The van der Waals surface area contributed by atoms with Crippen molar-refractivity contribution < 1.29 is 9.18 Å². The number of amides is 1. The van der Waals surface area contributed by atoms with Gasteiger partial charge >= 0.3 is 0 Å². The first-order valence-corrected chi connectivity index (χ1v) is 6.33. The Kier molecular flexibility index (Phi) is 5.55. The Labute approximate surface area is 107 Å². The van der Waals surface area contributed by atoms with Crippen LogP contribution in [0.15, 0.2) is 12.3 Å². The maximum absolute atomic E-state index is 14.1. The summed E-state index contributed by atoms with van der Waals surface area (Å²) in [5, 5.41) is 2.88. The van der Waals surface area contributed by atoms with E-state index in [1.165, 1.54) is 12.3 Å². The number of nitrogens with zero attached hydrogens (tertiary/aromatic N) is 2. The minimum absolute atomic E-state index is 0.0762. The van der Waals surface area contributed by atoms with Crippen LogP contribution in [0.1, 0.15) is 37.6 Å². The summed E-state index contributed by atoms with van der Waals surface area (Å²) >= 11 is 0. The number of rotatable bonds is 6. The van der Waals surface area contributed by atoms with Gasteiger partial charge in [-0.25, -0.2) is 9.37 Å². The molecule has 0 aromatic carbocycles. The Morgan fingerprint density at radius 2 is 2.06 bits per heavy atom. The first kappa shape index (κ1) is 14.4. The molecule has 1 aromatic rings. The van der Waals surface area contributed by atoms with E-state index in [4.69, 9.17) is 0 Å². The predicted octanol–water partition coefficient (Wildman–Crippen LogP) is 2.52. The van der Waals surface area contributed by atoms with Crippen LogP contribution >= 0.6 is 0 Å². The number of anilines is 1. The molecular formula is C13H20FN3O. The maximum Gasteiger partial charge on any atom is 0.257 e. The number of carbonyl (C=O) groups is 1. The lowest BCUT2D eigenvalue weighted by molar-refractivity contribution is 0.0768. The first-order valence-electron chi connectivity index (χ1n) is 6.33. The number of hydrogen-bond donors (Lipinski definition) is 1. The van der Waals surface area contributed by atoms with Crippen LogP contribution in [-0.4, -0.2) is 35.4 Å². The smallest absolute Gasteiger partial charge is 0.257 e. The highest BCUT2D eigenvalue weighted by Crippen LogP contribution is 2.16. The number of halogens is 1. The van der Waals surface area contributed by atoms with Gasteiger partial charge in [-0.1, -0.05) is 6.92 Å². The Balaban J connectivity index is 2.98. The molecule has 4 nitrogen and oxygen atoms in total. The van der Waals surface area contributed by atoms with Crippen LogP contribution in [-0.2, 0) is 0 Å². The molecule has 1 amide bonds. The van der Waals surface area contributed by atoms with Crippen LogP contribution in [0, 0.1) is 5.82 Å². The minimum atomic E-state index is -0.567. The summed E-state index contributed by atoms with van der Waals surface area (Å²) in [6, 6.07) is 1.42. The van der Waals surface area contributed by atoms with Gasteiger partial charge in [0.05, 0.1) is 5.56 Å². The summed E-state index contributed by atoms with van der Waals surface area (Å²) in [4.78, 5) is 17.6. The van der Waals surface area contributed by atoms with Gasteiger partial charge in [0.15, 0.2) is 11.6 Å². The molecule has 0 aliphatic rings. The SMILES string of the molecule is CCCNc1nccc(C(=O)N(CC)CC)c1F. The molecule has 0 saturated carbocycles. The van der Waals surface area contributed by atoms with Crippen molar-refractivity contribution in [2.24, 2.45) is 0 Å². The van der Waals surface area contributed by atoms with Crippen molar-refractivity contribution in [1.82, 2.24) is 9.88 Å². The number of aromatic nitrogens is 1. The normalized spacial score (nSPS) is 10.2. The summed E-state index contributed by atoms with van der Waals surface area (Å²) in [5.41, 5.74) is 0.0762. The highest BCUT2D eigenvalue weighted by Gasteiger charge is 2.19. The van der Waals surface area contributed by atoms with E-state index in [2.05, 4.69) is 10.3 Å². The standard InChI is InChI=1S/C13H20FN3O/c1-4-8-15-12-11(14)10(7-9-16-12)13(18)17(5-2)6-3/h7,9H,4-6,8H2,1-3H3,(H,15,16). The van der Waals surface area contributed by atoms with Crippen molar-refractivity contribution in [3.05, 3.63) is 23.6 Å². The largest absolute Gasteiger partial charge is 0.368 e. The van der Waals surface area contributed by atoms with Crippen molar-refractivity contribution >= 4 is 11.7 Å². The van der Waals surface area contributed by atoms with E-state index in [1.54, 1.807) is 4.90 Å². The van der Waals surface area contributed by atoms with Gasteiger partial charge in [-0.3, -0.25) is 4.79 Å². The van der Waals surface area contributed by atoms with Gasteiger partial charge in [0.2, 0.25) is 0 Å². The van der Waals surface area contributed by atoms with Gasteiger partial charge in [-0.2, -0.15) is 0 Å². The fourth-order valence-electron chi connectivity index (χ4n) is 1.66. The summed E-state index contributed by atoms with van der Waals surface area (Å²) < 4.78 is 14.1. The lowest BCUT2D eigenvalue weighted by Crippen LogP contribution is -2.31. The van der Waals surface area contributed by atoms with Crippen LogP contribution < -0.4 is 5.32 Å². The molecule has 0 unspecified atom stereocenters. The van der Waals surface area contributed by atoms with Crippen LogP contribution in [0.25, 0.3) is 0 Å². The summed E-state index contributed by atoms with van der Waals surface area (Å²) in [5.74, 6) is -0.711. The van der Waals surface area contributed by atoms with E-state index >= 15 is 0 Å². The number of nitrogens with one attached hydrogen (secondary N) is 1. The first-order chi connectivity index (χ1) is 8.65. The zero-order valence-corrected chi connectivity index (χ0v) is 11.2. The Morgan fingerprint density at radius 3 is 2.61 bits per heavy atom. The van der Waals surface area contributed by atoms with Crippen molar-refractivity contribution in [2.45, 2.75) is 27.2 Å². The molecular weight excluding hydrogens is 233 g/mol. The van der Waals surface area contributed by atoms with Crippen molar-refractivity contribution in [2.75, 3.05) is 25.0 Å². The fourth-order valence-corrected chi connectivity index (χ4v) is 1.66. The lowest BCUT2D eigenvalue weighted by atomic mass is 10.2. The summed E-state index contributed by atoms with van der Waals surface area (Å²) in [7, 11) is 0. The van der Waals surface area contributed by atoms with Gasteiger partial charge in [0.1, 0.15) is 0 Å². The molecule has 1 aromatic heterocycles. The quantitative estimate of drug-likeness (QED) is 0.847. The average molecular weight is 253 g/mol. The third-order valence-corrected chi connectivity index (χ3v) is 2.71. The molecule has 18 heavy (non-hydrogen) atoms. The highest BCUT2D eigenvalue weighted by atomic mass is 19.1. The Hall–Kier alpha value is -1.65. The molecule has 0 spiro atoms. The zero-order chi connectivity index (χ0) is 13.5. The third-order valence-electron chi connectivity index (χ3n) is 2.71. The Bertz CT molecular complexity index is 405. The molecule has 0 aliphatic carbocycles. The van der Waals surface area contributed by atoms with Crippen molar-refractivity contribution in [3.63, 3.8) is 0 Å². The van der Waals surface area contributed by atoms with Gasteiger partial charge < -0.3 is 10.2 Å². The molecule has 0 radical (unpaired) electrons. The molecule has 5 heteroatoms. The molecule has 0 aliphatic heterocycles. The number of carbonyl (C=O) groups excluding carboxylic acids is 1. The maximum atomic E-state index is 14.1. The van der Waals surface area contributed by atoms with E-state index < -0.39 is 5.82 Å². The van der Waals surface area contributed by atoms with Crippen LogP contribution in [0.5, 0.6) is 0 Å². The van der Waals surface area contributed by atoms with Crippen LogP contribution in [0.2, 0.25) is 0 Å². The fraction of sp³-hybridized carbons (Fsp3) is 0.538. The van der Waals surface area contributed by atoms with E-state index in [0.29, 0.717) is 19.6 Å². The molecule has 0 bridgehead atoms. The third kappa shape index (κ3) is 3.18. The molecule has 1 N–H and O–H groups in total. The minimum Gasteiger partial charge on any atom is -0.368 e. The van der Waals surface area contributed by atoms with Crippen molar-refractivity contribution in [3.8, 4) is 0 Å². The highest BCUT2D eigenvalue weighted by molar-refractivity contribution is 5.95. The lowest BCUT2D eigenvalue weighted by Gasteiger charge is -2.19. The second-order valence-corrected chi connectivity index (χ2v) is 3.93. The van der Waals surface area contributed by atoms with E-state index in [0.717, 1.165) is 6.42 Å². The molecule has 0 atom stereocenters. The molecule has 0 saturated heterocycles. The summed E-state index contributed by atoms with van der Waals surface area (Å²) in [6.07, 6.45) is 2.33.